The number of hydrogen-bond donors (Lipinski definition) is 1. The molecule has 0 atom stereocenters. The molecule has 2 heterocycles. The number of nitrogens with one attached hydrogen (secondary N) is 1. The minimum atomic E-state index is -0.561. The molecule has 0 spiro atoms. The van der Waals surface area contributed by atoms with E-state index in [1.807, 2.05) is 81.4 Å². The SMILES string of the molecule is CC(C)c1ccc(C(=O)NCCCCn2cc(-c3ccccn3)c3ccc(C(=O)OC(C)(C)C)cc32)cc1. The van der Waals surface area contributed by atoms with Gasteiger partial charge in [-0.05, 0) is 81.5 Å². The standard InChI is InChI=1S/C32H37N3O3/c1-22(2)23-11-13-24(14-12-23)30(36)34-18-8-9-19-35-21-27(28-10-6-7-17-33-28)26-16-15-25(20-29(26)35)31(37)38-32(3,4)5/h6-7,10-17,20-22H,8-9,18-19H2,1-5H3,(H,34,36). The number of hydrogen-bond acceptors (Lipinski definition) is 4. The van der Waals surface area contributed by atoms with Crippen LogP contribution in [0.4, 0.5) is 0 Å². The van der Waals surface area contributed by atoms with Crippen LogP contribution in [0, 0.1) is 0 Å². The first-order chi connectivity index (χ1) is 18.1. The molecule has 0 bridgehead atoms. The first-order valence-corrected chi connectivity index (χ1v) is 13.3. The van der Waals surface area contributed by atoms with Crippen LogP contribution in [0.3, 0.4) is 0 Å². The Kier molecular flexibility index (Phi) is 8.30. The Morgan fingerprint density at radius 1 is 0.974 bits per heavy atom. The predicted molar refractivity (Wildman–Crippen MR) is 152 cm³/mol. The normalized spacial score (nSPS) is 11.6. The highest BCUT2D eigenvalue weighted by atomic mass is 16.6. The summed E-state index contributed by atoms with van der Waals surface area (Å²) in [6, 6.07) is 19.4. The lowest BCUT2D eigenvalue weighted by atomic mass is 10.0. The number of amides is 1. The van der Waals surface area contributed by atoms with E-state index in [9.17, 15) is 9.59 Å². The zero-order chi connectivity index (χ0) is 27.3. The van der Waals surface area contributed by atoms with Crippen LogP contribution in [0.2, 0.25) is 0 Å². The number of fused-ring (bicyclic) bond motifs is 1. The van der Waals surface area contributed by atoms with Crippen LogP contribution in [0.25, 0.3) is 22.2 Å². The van der Waals surface area contributed by atoms with Crippen LogP contribution in [-0.4, -0.2) is 33.6 Å². The molecule has 0 radical (unpaired) electrons. The van der Waals surface area contributed by atoms with Crippen LogP contribution < -0.4 is 5.32 Å². The molecular formula is C32H37N3O3. The summed E-state index contributed by atoms with van der Waals surface area (Å²) in [5, 5.41) is 4.06. The Balaban J connectivity index is 1.45. The number of nitrogens with zero attached hydrogens (tertiary/aromatic N) is 2. The van der Waals surface area contributed by atoms with Gasteiger partial charge in [0.15, 0.2) is 0 Å². The molecule has 0 saturated carbocycles. The Morgan fingerprint density at radius 3 is 2.37 bits per heavy atom. The van der Waals surface area contributed by atoms with E-state index in [-0.39, 0.29) is 11.9 Å². The molecule has 2 aromatic heterocycles. The number of carbonyl (C=O) groups excluding carboxylic acids is 2. The van der Waals surface area contributed by atoms with E-state index in [0.29, 0.717) is 23.6 Å². The van der Waals surface area contributed by atoms with Gasteiger partial charge in [0.1, 0.15) is 5.60 Å². The first-order valence-electron chi connectivity index (χ1n) is 13.3. The van der Waals surface area contributed by atoms with Gasteiger partial charge in [0.05, 0.1) is 11.3 Å². The average Bonchev–Trinajstić information content (AvgIpc) is 3.26. The van der Waals surface area contributed by atoms with Crippen LogP contribution in [0.15, 0.2) is 73.1 Å². The van der Waals surface area contributed by atoms with Crippen molar-refractivity contribution in [3.63, 3.8) is 0 Å². The van der Waals surface area contributed by atoms with Gasteiger partial charge >= 0.3 is 5.97 Å². The van der Waals surface area contributed by atoms with Gasteiger partial charge in [-0.2, -0.15) is 0 Å². The van der Waals surface area contributed by atoms with Crippen LogP contribution in [0.1, 0.15) is 79.7 Å². The summed E-state index contributed by atoms with van der Waals surface area (Å²) in [6.07, 6.45) is 5.59. The van der Waals surface area contributed by atoms with E-state index in [0.717, 1.165) is 41.5 Å². The fourth-order valence-corrected chi connectivity index (χ4v) is 4.40. The molecule has 0 aliphatic rings. The fourth-order valence-electron chi connectivity index (χ4n) is 4.40. The number of rotatable bonds is 9. The molecule has 4 rings (SSSR count). The Bertz CT molecular complexity index is 1400. The highest BCUT2D eigenvalue weighted by molar-refractivity contribution is 6.00. The van der Waals surface area contributed by atoms with Gasteiger partial charge < -0.3 is 14.6 Å². The lowest BCUT2D eigenvalue weighted by Gasteiger charge is -2.19. The molecule has 6 heteroatoms. The van der Waals surface area contributed by atoms with Gasteiger partial charge in [0.25, 0.3) is 5.91 Å². The summed E-state index contributed by atoms with van der Waals surface area (Å²) in [5.41, 5.74) is 4.74. The molecule has 6 nitrogen and oxygen atoms in total. The number of pyridine rings is 1. The lowest BCUT2D eigenvalue weighted by molar-refractivity contribution is 0.00695. The molecule has 38 heavy (non-hydrogen) atoms. The Morgan fingerprint density at radius 2 is 1.71 bits per heavy atom. The molecule has 0 unspecified atom stereocenters. The second-order valence-electron chi connectivity index (χ2n) is 10.9. The second kappa shape index (κ2) is 11.6. The summed E-state index contributed by atoms with van der Waals surface area (Å²) >= 11 is 0. The molecule has 2 aromatic carbocycles. The lowest BCUT2D eigenvalue weighted by Crippen LogP contribution is -2.24. The molecule has 1 amide bonds. The van der Waals surface area contributed by atoms with E-state index >= 15 is 0 Å². The van der Waals surface area contributed by atoms with Crippen LogP contribution >= 0.6 is 0 Å². The van der Waals surface area contributed by atoms with Crippen molar-refractivity contribution in [2.45, 2.75) is 65.5 Å². The van der Waals surface area contributed by atoms with E-state index < -0.39 is 5.60 Å². The largest absolute Gasteiger partial charge is 0.456 e. The third kappa shape index (κ3) is 6.68. The number of ether oxygens (including phenoxy) is 1. The van der Waals surface area contributed by atoms with Crippen molar-refractivity contribution in [3.05, 3.63) is 89.7 Å². The van der Waals surface area contributed by atoms with Crippen molar-refractivity contribution in [3.8, 4) is 11.3 Å². The maximum absolute atomic E-state index is 12.7. The summed E-state index contributed by atoms with van der Waals surface area (Å²) in [5.74, 6) is 0.0529. The van der Waals surface area contributed by atoms with Gasteiger partial charge in [0, 0.05) is 47.5 Å². The topological polar surface area (TPSA) is 73.2 Å². The van der Waals surface area contributed by atoms with E-state index in [1.165, 1.54) is 5.56 Å². The molecule has 1 N–H and O–H groups in total. The molecule has 0 aliphatic carbocycles. The average molecular weight is 512 g/mol. The van der Waals surface area contributed by atoms with Crippen molar-refractivity contribution in [1.29, 1.82) is 0 Å². The van der Waals surface area contributed by atoms with Gasteiger partial charge in [-0.15, -0.1) is 0 Å². The quantitative estimate of drug-likeness (QED) is 0.194. The van der Waals surface area contributed by atoms with Crippen molar-refractivity contribution in [2.75, 3.05) is 6.54 Å². The first kappa shape index (κ1) is 27.1. The molecule has 0 saturated heterocycles. The summed E-state index contributed by atoms with van der Waals surface area (Å²) in [7, 11) is 0. The summed E-state index contributed by atoms with van der Waals surface area (Å²) < 4.78 is 7.76. The number of aromatic nitrogens is 2. The summed E-state index contributed by atoms with van der Waals surface area (Å²) in [4.78, 5) is 29.8. The van der Waals surface area contributed by atoms with Gasteiger partial charge in [0.2, 0.25) is 0 Å². The van der Waals surface area contributed by atoms with E-state index in [4.69, 9.17) is 4.74 Å². The predicted octanol–water partition coefficient (Wildman–Crippen LogP) is 6.99. The van der Waals surface area contributed by atoms with Crippen molar-refractivity contribution in [2.24, 2.45) is 0 Å². The van der Waals surface area contributed by atoms with Gasteiger partial charge in [-0.3, -0.25) is 9.78 Å². The molecule has 198 valence electrons. The zero-order valence-corrected chi connectivity index (χ0v) is 23.0. The number of benzene rings is 2. The Labute approximate surface area is 225 Å². The van der Waals surface area contributed by atoms with Gasteiger partial charge in [-0.1, -0.05) is 38.1 Å². The highest BCUT2D eigenvalue weighted by Gasteiger charge is 2.20. The summed E-state index contributed by atoms with van der Waals surface area (Å²) in [6.45, 7) is 11.2. The maximum Gasteiger partial charge on any atom is 0.338 e. The molecular weight excluding hydrogens is 474 g/mol. The molecule has 4 aromatic rings. The monoisotopic (exact) mass is 511 g/mol. The van der Waals surface area contributed by atoms with Crippen molar-refractivity contribution < 1.29 is 14.3 Å². The highest BCUT2D eigenvalue weighted by Crippen LogP contribution is 2.31. The van der Waals surface area contributed by atoms with E-state index in [2.05, 4.69) is 34.9 Å². The van der Waals surface area contributed by atoms with Crippen LogP contribution in [-0.2, 0) is 11.3 Å². The number of carbonyl (C=O) groups is 2. The third-order valence-electron chi connectivity index (χ3n) is 6.41. The molecule has 0 fully saturated rings. The second-order valence-corrected chi connectivity index (χ2v) is 10.9. The van der Waals surface area contributed by atoms with Crippen molar-refractivity contribution in [1.82, 2.24) is 14.9 Å². The third-order valence-corrected chi connectivity index (χ3v) is 6.41. The smallest absolute Gasteiger partial charge is 0.338 e. The Hall–Kier alpha value is -3.93. The van der Waals surface area contributed by atoms with Gasteiger partial charge in [-0.25, -0.2) is 4.79 Å². The number of unbranched alkanes of at least 4 members (excludes halogenated alkanes) is 1. The zero-order valence-electron chi connectivity index (χ0n) is 23.0. The maximum atomic E-state index is 12.7. The minimum absolute atomic E-state index is 0.0499. The number of aryl methyl sites for hydroxylation is 1. The fraction of sp³-hybridized carbons (Fsp3) is 0.344. The molecule has 0 aliphatic heterocycles. The van der Waals surface area contributed by atoms with Crippen LogP contribution in [0.5, 0.6) is 0 Å². The number of esters is 1. The minimum Gasteiger partial charge on any atom is -0.456 e. The van der Waals surface area contributed by atoms with E-state index in [1.54, 1.807) is 6.20 Å². The van der Waals surface area contributed by atoms with Crippen molar-refractivity contribution >= 4 is 22.8 Å².